The van der Waals surface area contributed by atoms with E-state index in [0.717, 1.165) is 18.0 Å². The monoisotopic (exact) mass is 202 g/mol. The predicted molar refractivity (Wildman–Crippen MR) is 57.8 cm³/mol. The van der Waals surface area contributed by atoms with E-state index in [1.807, 2.05) is 6.20 Å². The lowest BCUT2D eigenvalue weighted by atomic mass is 10.2. The number of hydrogen-bond donors (Lipinski definition) is 2. The SMILES string of the molecule is CC(C)c1cnc(CCSS)[nH]1. The van der Waals surface area contributed by atoms with Gasteiger partial charge >= 0.3 is 0 Å². The first kappa shape index (κ1) is 9.99. The normalized spacial score (nSPS) is 11.0. The van der Waals surface area contributed by atoms with Gasteiger partial charge < -0.3 is 4.98 Å². The highest BCUT2D eigenvalue weighted by atomic mass is 33.1. The zero-order valence-corrected chi connectivity index (χ0v) is 9.08. The van der Waals surface area contributed by atoms with E-state index < -0.39 is 0 Å². The molecule has 68 valence electrons. The van der Waals surface area contributed by atoms with Gasteiger partial charge in [0.15, 0.2) is 0 Å². The first-order chi connectivity index (χ1) is 5.74. The molecule has 0 bridgehead atoms. The van der Waals surface area contributed by atoms with Gasteiger partial charge in [-0.2, -0.15) is 0 Å². The van der Waals surface area contributed by atoms with Crippen LogP contribution < -0.4 is 0 Å². The number of H-pyrrole nitrogens is 1. The van der Waals surface area contributed by atoms with Crippen molar-refractivity contribution in [3.63, 3.8) is 0 Å². The molecule has 0 saturated heterocycles. The molecule has 1 aromatic rings. The van der Waals surface area contributed by atoms with Crippen molar-refractivity contribution < 1.29 is 0 Å². The molecule has 12 heavy (non-hydrogen) atoms. The van der Waals surface area contributed by atoms with Crippen molar-refractivity contribution in [3.8, 4) is 0 Å². The van der Waals surface area contributed by atoms with Crippen LogP contribution in [0.1, 0.15) is 31.3 Å². The number of rotatable bonds is 4. The summed E-state index contributed by atoms with van der Waals surface area (Å²) in [6.07, 6.45) is 2.89. The molecule has 1 aromatic heterocycles. The standard InChI is InChI=1S/C8H14N2S2/c1-6(2)7-5-9-8(10-7)3-4-12-11/h5-6,11H,3-4H2,1-2H3,(H,9,10). The highest BCUT2D eigenvalue weighted by Crippen LogP contribution is 2.12. The average Bonchev–Trinajstić information content (AvgIpc) is 2.48. The van der Waals surface area contributed by atoms with Crippen molar-refractivity contribution in [2.24, 2.45) is 0 Å². The first-order valence-corrected chi connectivity index (χ1v) is 6.08. The molecule has 0 aliphatic heterocycles. The van der Waals surface area contributed by atoms with Crippen molar-refractivity contribution >= 4 is 22.5 Å². The fourth-order valence-electron chi connectivity index (χ4n) is 0.941. The van der Waals surface area contributed by atoms with Gasteiger partial charge in [0, 0.05) is 24.1 Å². The smallest absolute Gasteiger partial charge is 0.107 e. The molecule has 2 nitrogen and oxygen atoms in total. The first-order valence-electron chi connectivity index (χ1n) is 4.04. The van der Waals surface area contributed by atoms with Crippen LogP contribution in [0.25, 0.3) is 0 Å². The Hall–Kier alpha value is -0.0900. The maximum atomic E-state index is 4.27. The van der Waals surface area contributed by atoms with E-state index in [9.17, 15) is 0 Å². The van der Waals surface area contributed by atoms with Gasteiger partial charge in [-0.05, 0) is 5.92 Å². The fraction of sp³-hybridized carbons (Fsp3) is 0.625. The molecule has 0 unspecified atom stereocenters. The molecule has 4 heteroatoms. The van der Waals surface area contributed by atoms with Crippen LogP contribution in [0.3, 0.4) is 0 Å². The summed E-state index contributed by atoms with van der Waals surface area (Å²) in [5.74, 6) is 2.61. The van der Waals surface area contributed by atoms with Crippen LogP contribution in [-0.4, -0.2) is 15.7 Å². The number of aromatic nitrogens is 2. The van der Waals surface area contributed by atoms with Gasteiger partial charge in [-0.3, -0.25) is 0 Å². The minimum atomic E-state index is 0.537. The summed E-state index contributed by atoms with van der Waals surface area (Å²) in [5, 5.41) is 0. The highest BCUT2D eigenvalue weighted by molar-refractivity contribution is 8.68. The third-order valence-electron chi connectivity index (χ3n) is 1.70. The summed E-state index contributed by atoms with van der Waals surface area (Å²) in [5.41, 5.74) is 1.22. The van der Waals surface area contributed by atoms with Crippen LogP contribution in [0.4, 0.5) is 0 Å². The summed E-state index contributed by atoms with van der Waals surface area (Å²) in [4.78, 5) is 7.56. The molecule has 0 fully saturated rings. The molecule has 1 heterocycles. The second-order valence-electron chi connectivity index (χ2n) is 3.02. The Morgan fingerprint density at radius 1 is 1.67 bits per heavy atom. The van der Waals surface area contributed by atoms with E-state index in [-0.39, 0.29) is 0 Å². The topological polar surface area (TPSA) is 28.7 Å². The lowest BCUT2D eigenvalue weighted by Crippen LogP contribution is -1.91. The maximum Gasteiger partial charge on any atom is 0.107 e. The van der Waals surface area contributed by atoms with Crippen LogP contribution in [0.15, 0.2) is 6.20 Å². The van der Waals surface area contributed by atoms with Gasteiger partial charge in [0.2, 0.25) is 0 Å². The van der Waals surface area contributed by atoms with Gasteiger partial charge in [0.1, 0.15) is 5.82 Å². The number of thiol groups is 1. The van der Waals surface area contributed by atoms with Crippen molar-refractivity contribution in [2.75, 3.05) is 5.75 Å². The van der Waals surface area contributed by atoms with Crippen LogP contribution >= 0.6 is 22.5 Å². The Morgan fingerprint density at radius 2 is 2.42 bits per heavy atom. The molecule has 0 aliphatic carbocycles. The molecule has 0 atom stereocenters. The average molecular weight is 202 g/mol. The number of aryl methyl sites for hydroxylation is 1. The minimum Gasteiger partial charge on any atom is -0.346 e. The molecule has 0 radical (unpaired) electrons. The van der Waals surface area contributed by atoms with Gasteiger partial charge in [-0.1, -0.05) is 24.6 Å². The maximum absolute atomic E-state index is 4.27. The number of hydrogen-bond acceptors (Lipinski definition) is 3. The Balaban J connectivity index is 2.52. The van der Waals surface area contributed by atoms with Gasteiger partial charge in [0.25, 0.3) is 0 Å². The zero-order valence-electron chi connectivity index (χ0n) is 7.37. The van der Waals surface area contributed by atoms with E-state index in [0.29, 0.717) is 5.92 Å². The summed E-state index contributed by atoms with van der Waals surface area (Å²) >= 11 is 4.07. The van der Waals surface area contributed by atoms with E-state index in [1.165, 1.54) is 5.69 Å². The Labute approximate surface area is 82.4 Å². The molecule has 0 spiro atoms. The van der Waals surface area contributed by atoms with Crippen LogP contribution in [0.5, 0.6) is 0 Å². The van der Waals surface area contributed by atoms with E-state index in [1.54, 1.807) is 10.8 Å². The van der Waals surface area contributed by atoms with Crippen molar-refractivity contribution in [1.29, 1.82) is 0 Å². The molecule has 1 rings (SSSR count). The van der Waals surface area contributed by atoms with Crippen molar-refractivity contribution in [2.45, 2.75) is 26.2 Å². The summed E-state index contributed by atoms with van der Waals surface area (Å²) < 4.78 is 0. The number of nitrogens with one attached hydrogen (secondary N) is 1. The second kappa shape index (κ2) is 4.82. The molecule has 0 aliphatic rings. The van der Waals surface area contributed by atoms with Gasteiger partial charge in [-0.25, -0.2) is 4.98 Å². The molecule has 0 saturated carbocycles. The van der Waals surface area contributed by atoms with Crippen molar-refractivity contribution in [3.05, 3.63) is 17.7 Å². The molecule has 0 aromatic carbocycles. The van der Waals surface area contributed by atoms with Crippen LogP contribution in [0.2, 0.25) is 0 Å². The van der Waals surface area contributed by atoms with E-state index in [2.05, 4.69) is 35.5 Å². The Bertz CT molecular complexity index is 233. The Kier molecular flexibility index (Phi) is 4.01. The van der Waals surface area contributed by atoms with Crippen LogP contribution in [-0.2, 0) is 6.42 Å². The lowest BCUT2D eigenvalue weighted by molar-refractivity contribution is 0.823. The largest absolute Gasteiger partial charge is 0.346 e. The van der Waals surface area contributed by atoms with Crippen molar-refractivity contribution in [1.82, 2.24) is 9.97 Å². The summed E-state index contributed by atoms with van der Waals surface area (Å²) in [6.45, 7) is 4.31. The molecular weight excluding hydrogens is 188 g/mol. The molecule has 1 N–H and O–H groups in total. The second-order valence-corrected chi connectivity index (χ2v) is 4.46. The number of aromatic amines is 1. The van der Waals surface area contributed by atoms with E-state index in [4.69, 9.17) is 0 Å². The van der Waals surface area contributed by atoms with Gasteiger partial charge in [-0.15, -0.1) is 11.7 Å². The minimum absolute atomic E-state index is 0.537. The third kappa shape index (κ3) is 2.75. The predicted octanol–water partition coefficient (Wildman–Crippen LogP) is 2.65. The lowest BCUT2D eigenvalue weighted by Gasteiger charge is -1.98. The third-order valence-corrected chi connectivity index (χ3v) is 2.63. The van der Waals surface area contributed by atoms with Gasteiger partial charge in [0.05, 0.1) is 0 Å². The zero-order chi connectivity index (χ0) is 8.97. The van der Waals surface area contributed by atoms with E-state index >= 15 is 0 Å². The summed E-state index contributed by atoms with van der Waals surface area (Å²) in [7, 11) is 1.55. The quantitative estimate of drug-likeness (QED) is 0.580. The Morgan fingerprint density at radius 3 is 2.92 bits per heavy atom. The highest BCUT2D eigenvalue weighted by Gasteiger charge is 2.03. The van der Waals surface area contributed by atoms with Crippen LogP contribution in [0, 0.1) is 0 Å². The molecular formula is C8H14N2S2. The number of nitrogens with zero attached hydrogens (tertiary/aromatic N) is 1. The summed E-state index contributed by atoms with van der Waals surface area (Å²) in [6, 6.07) is 0. The molecule has 0 amide bonds. The number of imidazole rings is 1. The fourth-order valence-corrected chi connectivity index (χ4v) is 1.50.